The minimum Gasteiger partial charge on any atom is -0.305 e. The highest BCUT2D eigenvalue weighted by atomic mass is 79.9. The van der Waals surface area contributed by atoms with E-state index in [0.717, 1.165) is 16.0 Å². The molecule has 0 amide bonds. The van der Waals surface area contributed by atoms with Crippen LogP contribution in [0, 0.1) is 0 Å². The van der Waals surface area contributed by atoms with Crippen LogP contribution in [0.1, 0.15) is 5.56 Å². The van der Waals surface area contributed by atoms with Crippen molar-refractivity contribution < 1.29 is 0 Å². The van der Waals surface area contributed by atoms with Gasteiger partial charge in [-0.25, -0.2) is 0 Å². The Morgan fingerprint density at radius 1 is 1.38 bits per heavy atom. The second-order valence-corrected chi connectivity index (χ2v) is 4.25. The third-order valence-corrected chi connectivity index (χ3v) is 2.72. The highest BCUT2D eigenvalue weighted by Gasteiger charge is 1.99. The molecule has 1 aromatic carbocycles. The van der Waals surface area contributed by atoms with Crippen molar-refractivity contribution in [1.82, 2.24) is 4.90 Å². The molecule has 0 heterocycles. The Bertz CT molecular complexity index is 276. The molecule has 13 heavy (non-hydrogen) atoms. The Kier molecular flexibility index (Phi) is 5.97. The molecule has 0 saturated heterocycles. The summed E-state index contributed by atoms with van der Waals surface area (Å²) in [6, 6.07) is 6.02. The molecular formula is C9H12BrCl2N. The predicted octanol–water partition coefficient (Wildman–Crippen LogP) is 3.59. The van der Waals surface area contributed by atoms with Gasteiger partial charge in [0.05, 0.1) is 5.02 Å². The first kappa shape index (κ1) is 13.2. The summed E-state index contributed by atoms with van der Waals surface area (Å²) in [6.07, 6.45) is 0. The summed E-state index contributed by atoms with van der Waals surface area (Å²) in [5.41, 5.74) is 1.23. The van der Waals surface area contributed by atoms with Gasteiger partial charge in [0.1, 0.15) is 0 Å². The van der Waals surface area contributed by atoms with Crippen LogP contribution in [0.15, 0.2) is 22.7 Å². The third-order valence-electron chi connectivity index (χ3n) is 1.48. The van der Waals surface area contributed by atoms with Crippen molar-refractivity contribution in [3.8, 4) is 0 Å². The van der Waals surface area contributed by atoms with Crippen molar-refractivity contribution in [3.63, 3.8) is 0 Å². The fourth-order valence-corrected chi connectivity index (χ4v) is 1.45. The smallest absolute Gasteiger partial charge is 0.0551 e. The lowest BCUT2D eigenvalue weighted by molar-refractivity contribution is 0.402. The van der Waals surface area contributed by atoms with Gasteiger partial charge in [0.2, 0.25) is 0 Å². The normalized spacial score (nSPS) is 9.92. The number of benzene rings is 1. The van der Waals surface area contributed by atoms with Crippen molar-refractivity contribution in [1.29, 1.82) is 0 Å². The molecule has 74 valence electrons. The van der Waals surface area contributed by atoms with Gasteiger partial charge in [-0.05, 0) is 47.7 Å². The number of hydrogen-bond acceptors (Lipinski definition) is 1. The molecule has 0 bridgehead atoms. The Morgan fingerprint density at radius 2 is 2.00 bits per heavy atom. The van der Waals surface area contributed by atoms with E-state index in [1.807, 2.05) is 26.2 Å². The van der Waals surface area contributed by atoms with Gasteiger partial charge in [-0.1, -0.05) is 17.7 Å². The molecule has 4 heteroatoms. The van der Waals surface area contributed by atoms with Crippen LogP contribution < -0.4 is 0 Å². The maximum absolute atomic E-state index is 5.93. The summed E-state index contributed by atoms with van der Waals surface area (Å²) in [5, 5.41) is 0.773. The first-order valence-electron chi connectivity index (χ1n) is 3.68. The molecule has 1 nitrogen and oxygen atoms in total. The Morgan fingerprint density at radius 3 is 2.46 bits per heavy atom. The highest BCUT2D eigenvalue weighted by molar-refractivity contribution is 9.10. The first-order chi connectivity index (χ1) is 5.59. The summed E-state index contributed by atoms with van der Waals surface area (Å²) in [7, 11) is 4.08. The topological polar surface area (TPSA) is 3.24 Å². The summed E-state index contributed by atoms with van der Waals surface area (Å²) in [4.78, 5) is 2.11. The lowest BCUT2D eigenvalue weighted by Crippen LogP contribution is -2.10. The predicted molar refractivity (Wildman–Crippen MR) is 63.8 cm³/mol. The Labute approximate surface area is 98.6 Å². The van der Waals surface area contributed by atoms with Gasteiger partial charge < -0.3 is 4.90 Å². The molecule has 0 unspecified atom stereocenters. The van der Waals surface area contributed by atoms with Crippen molar-refractivity contribution in [2.75, 3.05) is 14.1 Å². The molecule has 0 N–H and O–H groups in total. The van der Waals surface area contributed by atoms with Crippen LogP contribution in [0.2, 0.25) is 5.02 Å². The quantitative estimate of drug-likeness (QED) is 0.802. The highest BCUT2D eigenvalue weighted by Crippen LogP contribution is 2.23. The van der Waals surface area contributed by atoms with E-state index in [1.54, 1.807) is 0 Å². The van der Waals surface area contributed by atoms with Crippen molar-refractivity contribution in [2.24, 2.45) is 0 Å². The van der Waals surface area contributed by atoms with Crippen LogP contribution in [0.3, 0.4) is 0 Å². The van der Waals surface area contributed by atoms with Crippen molar-refractivity contribution in [3.05, 3.63) is 33.3 Å². The zero-order valence-corrected chi connectivity index (χ0v) is 10.7. The summed E-state index contributed by atoms with van der Waals surface area (Å²) in [6.45, 7) is 0.924. The van der Waals surface area contributed by atoms with E-state index < -0.39 is 0 Å². The molecular weight excluding hydrogens is 273 g/mol. The zero-order valence-electron chi connectivity index (χ0n) is 7.55. The monoisotopic (exact) mass is 283 g/mol. The molecule has 0 radical (unpaired) electrons. The van der Waals surface area contributed by atoms with E-state index in [4.69, 9.17) is 11.6 Å². The number of nitrogens with zero attached hydrogens (tertiary/aromatic N) is 1. The lowest BCUT2D eigenvalue weighted by Gasteiger charge is -2.09. The van der Waals surface area contributed by atoms with Crippen LogP contribution in [-0.2, 0) is 6.54 Å². The maximum atomic E-state index is 5.93. The van der Waals surface area contributed by atoms with Gasteiger partial charge in [0.15, 0.2) is 0 Å². The molecule has 0 aliphatic carbocycles. The largest absolute Gasteiger partial charge is 0.305 e. The summed E-state index contributed by atoms with van der Waals surface area (Å²) in [5.74, 6) is 0. The SMILES string of the molecule is CN(C)Cc1ccc(Br)c(Cl)c1.Cl. The first-order valence-corrected chi connectivity index (χ1v) is 4.85. The van der Waals surface area contributed by atoms with Gasteiger partial charge in [-0.3, -0.25) is 0 Å². The summed E-state index contributed by atoms with van der Waals surface area (Å²) >= 11 is 9.28. The van der Waals surface area contributed by atoms with Gasteiger partial charge in [0, 0.05) is 11.0 Å². The van der Waals surface area contributed by atoms with E-state index in [-0.39, 0.29) is 12.4 Å². The molecule has 0 aliphatic rings. The fourth-order valence-electron chi connectivity index (χ4n) is 1.00. The van der Waals surface area contributed by atoms with Gasteiger partial charge in [0.25, 0.3) is 0 Å². The van der Waals surface area contributed by atoms with E-state index in [9.17, 15) is 0 Å². The molecule has 1 rings (SSSR count). The van der Waals surface area contributed by atoms with E-state index >= 15 is 0 Å². The van der Waals surface area contributed by atoms with E-state index in [1.165, 1.54) is 5.56 Å². The molecule has 0 atom stereocenters. The average Bonchev–Trinajstić information content (AvgIpc) is 1.96. The van der Waals surface area contributed by atoms with Crippen LogP contribution in [-0.4, -0.2) is 19.0 Å². The molecule has 0 saturated carbocycles. The Balaban J connectivity index is 0.00000144. The third kappa shape index (κ3) is 4.32. The van der Waals surface area contributed by atoms with Crippen LogP contribution in [0.4, 0.5) is 0 Å². The second-order valence-electron chi connectivity index (χ2n) is 2.99. The van der Waals surface area contributed by atoms with Crippen LogP contribution in [0.25, 0.3) is 0 Å². The van der Waals surface area contributed by atoms with Crippen LogP contribution >= 0.6 is 39.9 Å². The second kappa shape index (κ2) is 5.86. The van der Waals surface area contributed by atoms with Crippen molar-refractivity contribution >= 4 is 39.9 Å². The summed E-state index contributed by atoms with van der Waals surface area (Å²) < 4.78 is 0.951. The van der Waals surface area contributed by atoms with Gasteiger partial charge >= 0.3 is 0 Å². The number of halogens is 3. The van der Waals surface area contributed by atoms with Crippen LogP contribution in [0.5, 0.6) is 0 Å². The molecule has 1 aromatic rings. The average molecular weight is 285 g/mol. The maximum Gasteiger partial charge on any atom is 0.0551 e. The lowest BCUT2D eigenvalue weighted by atomic mass is 10.2. The zero-order chi connectivity index (χ0) is 9.14. The standard InChI is InChI=1S/C9H11BrClN.ClH/c1-12(2)6-7-3-4-8(10)9(11)5-7;/h3-5H,6H2,1-2H3;1H. The minimum atomic E-state index is 0. The van der Waals surface area contributed by atoms with E-state index in [2.05, 4.69) is 26.9 Å². The fraction of sp³-hybridized carbons (Fsp3) is 0.333. The Hall–Kier alpha value is 0.240. The number of hydrogen-bond donors (Lipinski definition) is 0. The van der Waals surface area contributed by atoms with Gasteiger partial charge in [-0.2, -0.15) is 0 Å². The van der Waals surface area contributed by atoms with Crippen molar-refractivity contribution in [2.45, 2.75) is 6.54 Å². The van der Waals surface area contributed by atoms with Gasteiger partial charge in [-0.15, -0.1) is 12.4 Å². The minimum absolute atomic E-state index is 0. The number of rotatable bonds is 2. The molecule has 0 spiro atoms. The molecule has 0 aliphatic heterocycles. The van der Waals surface area contributed by atoms with E-state index in [0.29, 0.717) is 0 Å². The molecule has 0 fully saturated rings. The molecule has 0 aromatic heterocycles.